The molecule has 3 nitrogen and oxygen atoms in total. The van der Waals surface area contributed by atoms with E-state index in [4.69, 9.17) is 0 Å². The molecule has 1 N–H and O–H groups in total. The number of hydrogen-bond donors (Lipinski definition) is 1. The molecule has 0 radical (unpaired) electrons. The van der Waals surface area contributed by atoms with Crippen molar-refractivity contribution in [2.75, 3.05) is 5.32 Å². The van der Waals surface area contributed by atoms with Crippen molar-refractivity contribution >= 4 is 16.7 Å². The Kier molecular flexibility index (Phi) is 3.04. The molecular formula is C14H17N3S. The van der Waals surface area contributed by atoms with E-state index in [9.17, 15) is 0 Å². The molecule has 0 spiro atoms. The number of rotatable bonds is 4. The van der Waals surface area contributed by atoms with E-state index in [0.29, 0.717) is 6.04 Å². The lowest BCUT2D eigenvalue weighted by atomic mass is 10.1. The molecule has 0 bridgehead atoms. The third-order valence-corrected chi connectivity index (χ3v) is 3.70. The smallest absolute Gasteiger partial charge is 0.202 e. The van der Waals surface area contributed by atoms with Crippen molar-refractivity contribution < 1.29 is 0 Å². The van der Waals surface area contributed by atoms with E-state index >= 15 is 0 Å². The summed E-state index contributed by atoms with van der Waals surface area (Å²) in [5.41, 5.74) is 3.90. The Bertz CT molecular complexity index is 538. The molecule has 0 atom stereocenters. The summed E-state index contributed by atoms with van der Waals surface area (Å²) >= 11 is 1.47. The predicted molar refractivity (Wildman–Crippen MR) is 75.3 cm³/mol. The molecule has 1 saturated carbocycles. The molecule has 1 aliphatic carbocycles. The van der Waals surface area contributed by atoms with Gasteiger partial charge in [0.15, 0.2) is 0 Å². The van der Waals surface area contributed by atoms with E-state index in [1.807, 2.05) is 0 Å². The van der Waals surface area contributed by atoms with Crippen LogP contribution in [0.15, 0.2) is 18.2 Å². The highest BCUT2D eigenvalue weighted by Crippen LogP contribution is 2.25. The van der Waals surface area contributed by atoms with Crippen molar-refractivity contribution in [3.8, 4) is 0 Å². The zero-order valence-corrected chi connectivity index (χ0v) is 11.5. The highest BCUT2D eigenvalue weighted by molar-refractivity contribution is 7.09. The molecule has 3 rings (SSSR count). The summed E-state index contributed by atoms with van der Waals surface area (Å²) in [4.78, 5) is 4.54. The zero-order chi connectivity index (χ0) is 12.5. The number of hydrogen-bond acceptors (Lipinski definition) is 4. The van der Waals surface area contributed by atoms with Gasteiger partial charge in [0.2, 0.25) is 5.13 Å². The number of anilines is 1. The average molecular weight is 259 g/mol. The van der Waals surface area contributed by atoms with Crippen LogP contribution in [-0.4, -0.2) is 15.4 Å². The van der Waals surface area contributed by atoms with Crippen LogP contribution in [0.1, 0.15) is 35.4 Å². The summed E-state index contributed by atoms with van der Waals surface area (Å²) in [5.74, 6) is 0.924. The molecule has 1 aromatic carbocycles. The largest absolute Gasteiger partial charge is 0.358 e. The number of benzene rings is 1. The summed E-state index contributed by atoms with van der Waals surface area (Å²) in [6.07, 6.45) is 3.36. The van der Waals surface area contributed by atoms with Gasteiger partial charge in [0, 0.05) is 24.0 Å². The predicted octanol–water partition coefficient (Wildman–Crippen LogP) is 3.32. The van der Waals surface area contributed by atoms with Crippen molar-refractivity contribution in [3.05, 3.63) is 40.7 Å². The van der Waals surface area contributed by atoms with Crippen LogP contribution in [0.5, 0.6) is 0 Å². The lowest BCUT2D eigenvalue weighted by Gasteiger charge is -2.02. The van der Waals surface area contributed by atoms with E-state index in [0.717, 1.165) is 17.4 Å². The fourth-order valence-corrected chi connectivity index (χ4v) is 2.80. The van der Waals surface area contributed by atoms with Crippen LogP contribution in [-0.2, 0) is 6.42 Å². The standard InChI is InChI=1S/C14H17N3S/c1-9-5-10(2)7-11(6-9)8-13-16-14(18-17-13)15-12-3-4-12/h5-7,12H,3-4,8H2,1-2H3,(H,15,16,17). The van der Waals surface area contributed by atoms with E-state index in [1.165, 1.54) is 41.1 Å². The molecule has 0 unspecified atom stereocenters. The van der Waals surface area contributed by atoms with Gasteiger partial charge in [0.1, 0.15) is 5.82 Å². The van der Waals surface area contributed by atoms with E-state index in [1.54, 1.807) is 0 Å². The topological polar surface area (TPSA) is 37.8 Å². The highest BCUT2D eigenvalue weighted by Gasteiger charge is 2.22. The van der Waals surface area contributed by atoms with Crippen LogP contribution in [0.3, 0.4) is 0 Å². The van der Waals surface area contributed by atoms with Crippen molar-refractivity contribution in [2.45, 2.75) is 39.2 Å². The third-order valence-electron chi connectivity index (χ3n) is 3.02. The van der Waals surface area contributed by atoms with E-state index < -0.39 is 0 Å². The third kappa shape index (κ3) is 2.88. The van der Waals surface area contributed by atoms with Gasteiger partial charge >= 0.3 is 0 Å². The summed E-state index contributed by atoms with van der Waals surface area (Å²) in [6, 6.07) is 7.26. The maximum Gasteiger partial charge on any atom is 0.202 e. The average Bonchev–Trinajstić information content (AvgIpc) is 2.98. The van der Waals surface area contributed by atoms with Crippen LogP contribution >= 0.6 is 11.5 Å². The molecule has 4 heteroatoms. The van der Waals surface area contributed by atoms with Crippen molar-refractivity contribution in [2.24, 2.45) is 0 Å². The Morgan fingerprint density at radius 2 is 1.94 bits per heavy atom. The van der Waals surface area contributed by atoms with Gasteiger partial charge in [-0.15, -0.1) is 0 Å². The maximum absolute atomic E-state index is 4.54. The number of aryl methyl sites for hydroxylation is 2. The van der Waals surface area contributed by atoms with Crippen molar-refractivity contribution in [3.63, 3.8) is 0 Å². The number of nitrogens with one attached hydrogen (secondary N) is 1. The van der Waals surface area contributed by atoms with E-state index in [-0.39, 0.29) is 0 Å². The first-order valence-corrected chi connectivity index (χ1v) is 7.13. The van der Waals surface area contributed by atoms with E-state index in [2.05, 4.69) is 46.7 Å². The zero-order valence-electron chi connectivity index (χ0n) is 10.7. The second-order valence-corrected chi connectivity index (χ2v) is 5.86. The molecular weight excluding hydrogens is 242 g/mol. The molecule has 18 heavy (non-hydrogen) atoms. The van der Waals surface area contributed by atoms with Gasteiger partial charge in [-0.3, -0.25) is 0 Å². The highest BCUT2D eigenvalue weighted by atomic mass is 32.1. The van der Waals surface area contributed by atoms with Gasteiger partial charge in [0.25, 0.3) is 0 Å². The van der Waals surface area contributed by atoms with Gasteiger partial charge in [-0.05, 0) is 32.3 Å². The molecule has 0 amide bonds. The molecule has 94 valence electrons. The Morgan fingerprint density at radius 1 is 1.22 bits per heavy atom. The molecule has 1 aliphatic rings. The normalized spacial score (nSPS) is 14.8. The van der Waals surface area contributed by atoms with Crippen molar-refractivity contribution in [1.29, 1.82) is 0 Å². The quantitative estimate of drug-likeness (QED) is 0.915. The Balaban J connectivity index is 1.72. The van der Waals surface area contributed by atoms with Crippen LogP contribution < -0.4 is 5.32 Å². The minimum Gasteiger partial charge on any atom is -0.358 e. The lowest BCUT2D eigenvalue weighted by Crippen LogP contribution is -2.00. The van der Waals surface area contributed by atoms with Crippen molar-refractivity contribution in [1.82, 2.24) is 9.36 Å². The van der Waals surface area contributed by atoms with Gasteiger partial charge in [-0.1, -0.05) is 29.3 Å². The molecule has 2 aromatic rings. The first-order valence-electron chi connectivity index (χ1n) is 6.35. The van der Waals surface area contributed by atoms with Gasteiger partial charge in [0.05, 0.1) is 0 Å². The van der Waals surface area contributed by atoms with Crippen LogP contribution in [0.2, 0.25) is 0 Å². The Morgan fingerprint density at radius 3 is 2.61 bits per heavy atom. The maximum atomic E-state index is 4.54. The molecule has 0 aliphatic heterocycles. The van der Waals surface area contributed by atoms with Crippen LogP contribution in [0.4, 0.5) is 5.13 Å². The molecule has 0 saturated heterocycles. The summed E-state index contributed by atoms with van der Waals surface area (Å²) in [6.45, 7) is 4.26. The van der Waals surface area contributed by atoms with Crippen LogP contribution in [0, 0.1) is 13.8 Å². The summed E-state index contributed by atoms with van der Waals surface area (Å²) in [7, 11) is 0. The number of nitrogens with zero attached hydrogens (tertiary/aromatic N) is 2. The Labute approximate surface area is 111 Å². The fraction of sp³-hybridized carbons (Fsp3) is 0.429. The minimum absolute atomic E-state index is 0.645. The van der Waals surface area contributed by atoms with Gasteiger partial charge in [-0.2, -0.15) is 4.37 Å². The fourth-order valence-electron chi connectivity index (χ4n) is 2.14. The number of aromatic nitrogens is 2. The summed E-state index contributed by atoms with van der Waals surface area (Å²) in [5, 5.41) is 4.36. The van der Waals surface area contributed by atoms with Crippen LogP contribution in [0.25, 0.3) is 0 Å². The second-order valence-electron chi connectivity index (χ2n) is 5.11. The Hall–Kier alpha value is -1.42. The molecule has 1 aromatic heterocycles. The first-order chi connectivity index (χ1) is 8.69. The monoisotopic (exact) mass is 259 g/mol. The lowest BCUT2D eigenvalue weighted by molar-refractivity contribution is 1.02. The molecule has 1 heterocycles. The second kappa shape index (κ2) is 4.69. The first kappa shape index (κ1) is 11.7. The SMILES string of the molecule is Cc1cc(C)cc(Cc2nsc(NC3CC3)n2)c1. The van der Waals surface area contributed by atoms with Gasteiger partial charge in [-0.25, -0.2) is 4.98 Å². The van der Waals surface area contributed by atoms with Gasteiger partial charge < -0.3 is 5.32 Å². The molecule has 1 fully saturated rings. The summed E-state index contributed by atoms with van der Waals surface area (Å²) < 4.78 is 4.42. The minimum atomic E-state index is 0.645.